The summed E-state index contributed by atoms with van der Waals surface area (Å²) in [5, 5.41) is 0. The molecule has 0 radical (unpaired) electrons. The van der Waals surface area contributed by atoms with E-state index in [-0.39, 0.29) is 11.9 Å². The number of hydrogen-bond donors (Lipinski definition) is 1. The van der Waals surface area contributed by atoms with Crippen LogP contribution in [-0.2, 0) is 6.54 Å². The van der Waals surface area contributed by atoms with Crippen LogP contribution in [-0.4, -0.2) is 21.8 Å². The lowest BCUT2D eigenvalue weighted by atomic mass is 10.1. The minimum Gasteiger partial charge on any atom is -0.362 e. The van der Waals surface area contributed by atoms with Gasteiger partial charge in [0.1, 0.15) is 0 Å². The highest BCUT2D eigenvalue weighted by atomic mass is 16.2. The molecule has 1 aromatic heterocycles. The van der Waals surface area contributed by atoms with Crippen LogP contribution < -0.4 is 0 Å². The first kappa shape index (κ1) is 14.4. The van der Waals surface area contributed by atoms with E-state index in [0.717, 1.165) is 22.5 Å². The minimum absolute atomic E-state index is 0.0886. The van der Waals surface area contributed by atoms with Crippen molar-refractivity contribution < 1.29 is 4.79 Å². The first-order chi connectivity index (χ1) is 9.49. The first-order valence-corrected chi connectivity index (χ1v) is 7.00. The van der Waals surface area contributed by atoms with E-state index in [1.54, 1.807) is 0 Å². The SMILES string of the molecule is Cc1cc(C(=O)N(Cc2ccccc2)C(C)C)c(C)[nH]1. The van der Waals surface area contributed by atoms with Crippen LogP contribution in [0.25, 0.3) is 0 Å². The minimum atomic E-state index is 0.0886. The highest BCUT2D eigenvalue weighted by molar-refractivity contribution is 5.95. The molecule has 3 nitrogen and oxygen atoms in total. The highest BCUT2D eigenvalue weighted by Crippen LogP contribution is 2.17. The lowest BCUT2D eigenvalue weighted by Crippen LogP contribution is -2.36. The Kier molecular flexibility index (Phi) is 4.28. The molecule has 0 aliphatic carbocycles. The Bertz CT molecular complexity index is 584. The number of aryl methyl sites for hydroxylation is 2. The monoisotopic (exact) mass is 270 g/mol. The average molecular weight is 270 g/mol. The zero-order chi connectivity index (χ0) is 14.7. The third kappa shape index (κ3) is 3.10. The fraction of sp³-hybridized carbons (Fsp3) is 0.353. The summed E-state index contributed by atoms with van der Waals surface area (Å²) in [4.78, 5) is 17.8. The molecule has 0 atom stereocenters. The number of benzene rings is 1. The van der Waals surface area contributed by atoms with E-state index in [1.165, 1.54) is 0 Å². The molecule has 0 fully saturated rings. The van der Waals surface area contributed by atoms with Gasteiger partial charge in [-0.25, -0.2) is 0 Å². The van der Waals surface area contributed by atoms with Crippen LogP contribution in [0, 0.1) is 13.8 Å². The van der Waals surface area contributed by atoms with E-state index in [1.807, 2.05) is 43.0 Å². The molecule has 106 valence electrons. The summed E-state index contributed by atoms with van der Waals surface area (Å²) in [5.41, 5.74) is 3.88. The molecule has 1 aromatic carbocycles. The van der Waals surface area contributed by atoms with Crippen molar-refractivity contribution in [2.24, 2.45) is 0 Å². The van der Waals surface area contributed by atoms with Gasteiger partial charge in [0, 0.05) is 24.0 Å². The second kappa shape index (κ2) is 5.95. The van der Waals surface area contributed by atoms with Crippen molar-refractivity contribution >= 4 is 5.91 Å². The zero-order valence-corrected chi connectivity index (χ0v) is 12.6. The molecule has 0 spiro atoms. The zero-order valence-electron chi connectivity index (χ0n) is 12.6. The van der Waals surface area contributed by atoms with Crippen molar-refractivity contribution in [2.45, 2.75) is 40.3 Å². The molecule has 3 heteroatoms. The smallest absolute Gasteiger partial charge is 0.256 e. The number of nitrogens with one attached hydrogen (secondary N) is 1. The Balaban J connectivity index is 2.25. The van der Waals surface area contributed by atoms with E-state index in [9.17, 15) is 4.79 Å². The predicted octanol–water partition coefficient (Wildman–Crippen LogP) is 3.68. The van der Waals surface area contributed by atoms with E-state index < -0.39 is 0 Å². The average Bonchev–Trinajstić information content (AvgIpc) is 2.75. The van der Waals surface area contributed by atoms with Crippen LogP contribution in [0.1, 0.15) is 41.2 Å². The summed E-state index contributed by atoms with van der Waals surface area (Å²) < 4.78 is 0. The van der Waals surface area contributed by atoms with Crippen molar-refractivity contribution in [3.05, 3.63) is 58.9 Å². The lowest BCUT2D eigenvalue weighted by Gasteiger charge is -2.27. The van der Waals surface area contributed by atoms with E-state index in [0.29, 0.717) is 6.54 Å². The van der Waals surface area contributed by atoms with Gasteiger partial charge in [-0.05, 0) is 39.3 Å². The van der Waals surface area contributed by atoms with Gasteiger partial charge in [-0.1, -0.05) is 30.3 Å². The highest BCUT2D eigenvalue weighted by Gasteiger charge is 2.21. The van der Waals surface area contributed by atoms with Crippen LogP contribution in [0.5, 0.6) is 0 Å². The molecule has 1 heterocycles. The molecule has 0 bridgehead atoms. The third-order valence-corrected chi connectivity index (χ3v) is 3.46. The maximum Gasteiger partial charge on any atom is 0.256 e. The maximum atomic E-state index is 12.7. The molecule has 0 saturated carbocycles. The van der Waals surface area contributed by atoms with Gasteiger partial charge >= 0.3 is 0 Å². The Labute approximate surface area is 120 Å². The summed E-state index contributed by atoms with van der Waals surface area (Å²) in [6, 6.07) is 12.2. The molecule has 0 aliphatic rings. The van der Waals surface area contributed by atoms with Crippen molar-refractivity contribution in [3.63, 3.8) is 0 Å². The number of carbonyl (C=O) groups is 1. The molecular formula is C17H22N2O. The number of carbonyl (C=O) groups excluding carboxylic acids is 1. The fourth-order valence-corrected chi connectivity index (χ4v) is 2.37. The van der Waals surface area contributed by atoms with Gasteiger partial charge in [-0.15, -0.1) is 0 Å². The molecule has 0 aliphatic heterocycles. The van der Waals surface area contributed by atoms with Gasteiger partial charge in [0.05, 0.1) is 5.56 Å². The largest absolute Gasteiger partial charge is 0.362 e. The topological polar surface area (TPSA) is 36.1 Å². The molecular weight excluding hydrogens is 248 g/mol. The van der Waals surface area contributed by atoms with Gasteiger partial charge < -0.3 is 9.88 Å². The number of H-pyrrole nitrogens is 1. The molecule has 0 unspecified atom stereocenters. The summed E-state index contributed by atoms with van der Waals surface area (Å²) in [7, 11) is 0. The van der Waals surface area contributed by atoms with Crippen LogP contribution >= 0.6 is 0 Å². The number of aromatic amines is 1. The Morgan fingerprint density at radius 2 is 1.85 bits per heavy atom. The molecule has 20 heavy (non-hydrogen) atoms. The first-order valence-electron chi connectivity index (χ1n) is 7.00. The molecule has 1 amide bonds. The summed E-state index contributed by atoms with van der Waals surface area (Å²) in [6.45, 7) is 8.66. The van der Waals surface area contributed by atoms with Gasteiger partial charge in [0.15, 0.2) is 0 Å². The van der Waals surface area contributed by atoms with Crippen LogP contribution in [0.4, 0.5) is 0 Å². The predicted molar refractivity (Wildman–Crippen MR) is 81.7 cm³/mol. The number of nitrogens with zero attached hydrogens (tertiary/aromatic N) is 1. The number of aromatic nitrogens is 1. The Morgan fingerprint density at radius 3 is 2.35 bits per heavy atom. The second-order valence-electron chi connectivity index (χ2n) is 5.50. The maximum absolute atomic E-state index is 12.7. The van der Waals surface area contributed by atoms with Crippen molar-refractivity contribution in [1.29, 1.82) is 0 Å². The standard InChI is InChI=1S/C17H22N2O/c1-12(2)19(11-15-8-6-5-7-9-15)17(20)16-10-13(3)18-14(16)4/h5-10,12,18H,11H2,1-4H3. The molecule has 0 saturated heterocycles. The summed E-state index contributed by atoms with van der Waals surface area (Å²) in [6.07, 6.45) is 0. The van der Waals surface area contributed by atoms with Gasteiger partial charge in [-0.3, -0.25) is 4.79 Å². The Morgan fingerprint density at radius 1 is 1.20 bits per heavy atom. The normalized spacial score (nSPS) is 10.8. The van der Waals surface area contributed by atoms with E-state index in [2.05, 4.69) is 31.0 Å². The Hall–Kier alpha value is -2.03. The quantitative estimate of drug-likeness (QED) is 0.904. The second-order valence-corrected chi connectivity index (χ2v) is 5.50. The summed E-state index contributed by atoms with van der Waals surface area (Å²) >= 11 is 0. The number of hydrogen-bond acceptors (Lipinski definition) is 1. The molecule has 1 N–H and O–H groups in total. The van der Waals surface area contributed by atoms with Gasteiger partial charge in [0.25, 0.3) is 5.91 Å². The number of amides is 1. The van der Waals surface area contributed by atoms with Gasteiger partial charge in [0.2, 0.25) is 0 Å². The van der Waals surface area contributed by atoms with E-state index >= 15 is 0 Å². The van der Waals surface area contributed by atoms with Crippen molar-refractivity contribution in [3.8, 4) is 0 Å². The molecule has 2 aromatic rings. The van der Waals surface area contributed by atoms with E-state index in [4.69, 9.17) is 0 Å². The lowest BCUT2D eigenvalue weighted by molar-refractivity contribution is 0.0690. The van der Waals surface area contributed by atoms with Crippen molar-refractivity contribution in [2.75, 3.05) is 0 Å². The van der Waals surface area contributed by atoms with Crippen molar-refractivity contribution in [1.82, 2.24) is 9.88 Å². The van der Waals surface area contributed by atoms with Crippen LogP contribution in [0.3, 0.4) is 0 Å². The number of rotatable bonds is 4. The van der Waals surface area contributed by atoms with Gasteiger partial charge in [-0.2, -0.15) is 0 Å². The van der Waals surface area contributed by atoms with Crippen LogP contribution in [0.15, 0.2) is 36.4 Å². The fourth-order valence-electron chi connectivity index (χ4n) is 2.37. The van der Waals surface area contributed by atoms with Crippen LogP contribution in [0.2, 0.25) is 0 Å². The molecule has 2 rings (SSSR count). The summed E-state index contributed by atoms with van der Waals surface area (Å²) in [5.74, 6) is 0.0886. The third-order valence-electron chi connectivity index (χ3n) is 3.46.